The number of hydrogen-bond acceptors (Lipinski definition) is 7. The smallest absolute Gasteiger partial charge is 0.222 e. The van der Waals surface area contributed by atoms with Gasteiger partial charge in [0.15, 0.2) is 11.6 Å². The van der Waals surface area contributed by atoms with Gasteiger partial charge in [-0.2, -0.15) is 0 Å². The van der Waals surface area contributed by atoms with E-state index in [9.17, 15) is 9.59 Å². The second kappa shape index (κ2) is 7.47. The van der Waals surface area contributed by atoms with Crippen LogP contribution in [0.25, 0.3) is 17.0 Å². The molecule has 0 fully saturated rings. The SMILES string of the molecule is CC(=O)Nc1cc(Nc2nc(-c3ccccn3)nn3ccc(C(C)=O)c23)ccn1. The predicted octanol–water partition coefficient (Wildman–Crippen LogP) is 3.09. The average molecular weight is 387 g/mol. The summed E-state index contributed by atoms with van der Waals surface area (Å²) in [5.41, 5.74) is 2.29. The summed E-state index contributed by atoms with van der Waals surface area (Å²) < 4.78 is 1.60. The lowest BCUT2D eigenvalue weighted by atomic mass is 10.2. The van der Waals surface area contributed by atoms with E-state index in [0.29, 0.717) is 39.9 Å². The molecular formula is C20H17N7O2. The fourth-order valence-corrected chi connectivity index (χ4v) is 2.89. The van der Waals surface area contributed by atoms with E-state index in [1.54, 1.807) is 41.3 Å². The van der Waals surface area contributed by atoms with Crippen molar-refractivity contribution in [1.29, 1.82) is 0 Å². The van der Waals surface area contributed by atoms with Crippen LogP contribution in [0, 0.1) is 0 Å². The molecule has 4 rings (SSSR count). The molecule has 29 heavy (non-hydrogen) atoms. The Morgan fingerprint density at radius 3 is 2.62 bits per heavy atom. The van der Waals surface area contributed by atoms with Crippen LogP contribution in [-0.4, -0.2) is 36.3 Å². The molecule has 0 saturated heterocycles. The van der Waals surface area contributed by atoms with Gasteiger partial charge in [-0.3, -0.25) is 14.6 Å². The molecule has 0 spiro atoms. The highest BCUT2D eigenvalue weighted by atomic mass is 16.1. The summed E-state index contributed by atoms with van der Waals surface area (Å²) in [6, 6.07) is 10.6. The molecule has 4 aromatic rings. The lowest BCUT2D eigenvalue weighted by Crippen LogP contribution is -2.08. The van der Waals surface area contributed by atoms with Gasteiger partial charge in [0.05, 0.1) is 0 Å². The fraction of sp³-hybridized carbons (Fsp3) is 0.100. The molecule has 9 nitrogen and oxygen atoms in total. The standard InChI is InChI=1S/C20H17N7O2/c1-12(28)15-7-10-27-18(15)20(25-19(26-27)16-5-3-4-8-21-16)24-14-6-9-22-17(11-14)23-13(2)29/h3-11H,1-2H3,(H2,22,23,24,25,26,29). The van der Waals surface area contributed by atoms with Crippen molar-refractivity contribution in [3.05, 3.63) is 60.6 Å². The van der Waals surface area contributed by atoms with Crippen LogP contribution in [0.4, 0.5) is 17.3 Å². The highest BCUT2D eigenvalue weighted by molar-refractivity contribution is 6.04. The summed E-state index contributed by atoms with van der Waals surface area (Å²) in [5, 5.41) is 10.3. The van der Waals surface area contributed by atoms with E-state index in [0.717, 1.165) is 0 Å². The van der Waals surface area contributed by atoms with E-state index in [1.807, 2.05) is 18.2 Å². The van der Waals surface area contributed by atoms with Gasteiger partial charge >= 0.3 is 0 Å². The number of nitrogens with one attached hydrogen (secondary N) is 2. The van der Waals surface area contributed by atoms with E-state index in [4.69, 9.17) is 0 Å². The Kier molecular flexibility index (Phi) is 4.70. The Bertz CT molecular complexity index is 1220. The van der Waals surface area contributed by atoms with Crippen molar-refractivity contribution in [3.63, 3.8) is 0 Å². The number of ketones is 1. The van der Waals surface area contributed by atoms with Crippen molar-refractivity contribution in [2.75, 3.05) is 10.6 Å². The number of nitrogens with zero attached hydrogens (tertiary/aromatic N) is 5. The molecule has 4 aromatic heterocycles. The molecule has 0 atom stereocenters. The third-order valence-corrected chi connectivity index (χ3v) is 4.11. The summed E-state index contributed by atoms with van der Waals surface area (Å²) in [4.78, 5) is 36.4. The number of pyridine rings is 2. The molecule has 9 heteroatoms. The first-order chi connectivity index (χ1) is 14.0. The van der Waals surface area contributed by atoms with Gasteiger partial charge in [-0.25, -0.2) is 14.5 Å². The average Bonchev–Trinajstić information content (AvgIpc) is 3.13. The van der Waals surface area contributed by atoms with Crippen LogP contribution in [-0.2, 0) is 4.79 Å². The second-order valence-corrected chi connectivity index (χ2v) is 6.31. The van der Waals surface area contributed by atoms with Crippen molar-refractivity contribution in [1.82, 2.24) is 24.6 Å². The Morgan fingerprint density at radius 2 is 1.90 bits per heavy atom. The highest BCUT2D eigenvalue weighted by Gasteiger charge is 2.17. The van der Waals surface area contributed by atoms with Crippen LogP contribution < -0.4 is 10.6 Å². The van der Waals surface area contributed by atoms with Gasteiger partial charge < -0.3 is 10.6 Å². The number of aromatic nitrogens is 5. The van der Waals surface area contributed by atoms with Crippen molar-refractivity contribution in [2.24, 2.45) is 0 Å². The van der Waals surface area contributed by atoms with Crippen LogP contribution >= 0.6 is 0 Å². The second-order valence-electron chi connectivity index (χ2n) is 6.31. The Morgan fingerprint density at radius 1 is 1.03 bits per heavy atom. The van der Waals surface area contributed by atoms with Gasteiger partial charge in [0.25, 0.3) is 0 Å². The molecule has 0 aliphatic heterocycles. The Balaban J connectivity index is 1.84. The van der Waals surface area contributed by atoms with Gasteiger partial charge in [-0.15, -0.1) is 5.10 Å². The summed E-state index contributed by atoms with van der Waals surface area (Å²) in [5.74, 6) is 0.929. The Hall–Kier alpha value is -4.14. The molecule has 2 N–H and O–H groups in total. The molecule has 0 aliphatic rings. The molecule has 0 bridgehead atoms. The number of carbonyl (C=O) groups excluding carboxylic acids is 2. The first-order valence-electron chi connectivity index (χ1n) is 8.83. The van der Waals surface area contributed by atoms with Crippen LogP contribution in [0.3, 0.4) is 0 Å². The van der Waals surface area contributed by atoms with Gasteiger partial charge in [0.1, 0.15) is 17.0 Å². The number of anilines is 3. The summed E-state index contributed by atoms with van der Waals surface area (Å²) >= 11 is 0. The van der Waals surface area contributed by atoms with Crippen molar-refractivity contribution < 1.29 is 9.59 Å². The Labute approximate surface area is 165 Å². The molecule has 1 amide bonds. The number of amides is 1. The summed E-state index contributed by atoms with van der Waals surface area (Å²) in [6.07, 6.45) is 4.94. The predicted molar refractivity (Wildman–Crippen MR) is 108 cm³/mol. The lowest BCUT2D eigenvalue weighted by Gasteiger charge is -2.11. The number of rotatable bonds is 5. The minimum Gasteiger partial charge on any atom is -0.338 e. The minimum absolute atomic E-state index is 0.0987. The van der Waals surface area contributed by atoms with Gasteiger partial charge in [-0.1, -0.05) is 6.07 Å². The van der Waals surface area contributed by atoms with E-state index in [-0.39, 0.29) is 11.7 Å². The van der Waals surface area contributed by atoms with Crippen molar-refractivity contribution in [2.45, 2.75) is 13.8 Å². The highest BCUT2D eigenvalue weighted by Crippen LogP contribution is 2.27. The van der Waals surface area contributed by atoms with E-state index in [2.05, 4.69) is 30.7 Å². The third kappa shape index (κ3) is 3.79. The number of carbonyl (C=O) groups is 2. The quantitative estimate of drug-likeness (QED) is 0.506. The van der Waals surface area contributed by atoms with Crippen LogP contribution in [0.5, 0.6) is 0 Å². The molecule has 0 aromatic carbocycles. The normalized spacial score (nSPS) is 10.7. The summed E-state index contributed by atoms with van der Waals surface area (Å²) in [7, 11) is 0. The van der Waals surface area contributed by atoms with Crippen LogP contribution in [0.15, 0.2) is 55.0 Å². The largest absolute Gasteiger partial charge is 0.338 e. The van der Waals surface area contributed by atoms with Gasteiger partial charge in [0, 0.05) is 42.8 Å². The van der Waals surface area contributed by atoms with Crippen LogP contribution in [0.1, 0.15) is 24.2 Å². The van der Waals surface area contributed by atoms with Gasteiger partial charge in [0.2, 0.25) is 11.7 Å². The molecular weight excluding hydrogens is 370 g/mol. The third-order valence-electron chi connectivity index (χ3n) is 4.11. The molecule has 4 heterocycles. The lowest BCUT2D eigenvalue weighted by molar-refractivity contribution is -0.114. The van der Waals surface area contributed by atoms with E-state index in [1.165, 1.54) is 13.8 Å². The monoisotopic (exact) mass is 387 g/mol. The molecule has 0 unspecified atom stereocenters. The van der Waals surface area contributed by atoms with Crippen LogP contribution in [0.2, 0.25) is 0 Å². The number of hydrogen-bond donors (Lipinski definition) is 2. The number of fused-ring (bicyclic) bond motifs is 1. The fourth-order valence-electron chi connectivity index (χ4n) is 2.89. The van der Waals surface area contributed by atoms with E-state index >= 15 is 0 Å². The van der Waals surface area contributed by atoms with Crippen molar-refractivity contribution >= 4 is 34.5 Å². The molecule has 0 radical (unpaired) electrons. The molecule has 144 valence electrons. The first-order valence-corrected chi connectivity index (χ1v) is 8.83. The minimum atomic E-state index is -0.220. The molecule has 0 aliphatic carbocycles. The zero-order chi connectivity index (χ0) is 20.4. The number of Topliss-reactive ketones (excluding diaryl/α,β-unsaturated/α-hetero) is 1. The van der Waals surface area contributed by atoms with Gasteiger partial charge in [-0.05, 0) is 31.2 Å². The molecule has 0 saturated carbocycles. The maximum absolute atomic E-state index is 12.1. The zero-order valence-corrected chi connectivity index (χ0v) is 15.7. The topological polar surface area (TPSA) is 114 Å². The zero-order valence-electron chi connectivity index (χ0n) is 15.7. The summed E-state index contributed by atoms with van der Waals surface area (Å²) in [6.45, 7) is 2.90. The maximum atomic E-state index is 12.1. The van der Waals surface area contributed by atoms with Crippen molar-refractivity contribution in [3.8, 4) is 11.5 Å². The van der Waals surface area contributed by atoms with E-state index < -0.39 is 0 Å². The maximum Gasteiger partial charge on any atom is 0.222 e. The first kappa shape index (κ1) is 18.2.